The van der Waals surface area contributed by atoms with Crippen LogP contribution >= 0.6 is 0 Å². The van der Waals surface area contributed by atoms with E-state index in [1.54, 1.807) is 13.8 Å². The van der Waals surface area contributed by atoms with Gasteiger partial charge in [-0.1, -0.05) is 0 Å². The molecule has 2 aromatic rings. The first-order chi connectivity index (χ1) is 13.2. The van der Waals surface area contributed by atoms with E-state index in [2.05, 4.69) is 20.8 Å². The molecule has 0 aliphatic rings. The van der Waals surface area contributed by atoms with E-state index in [9.17, 15) is 14.7 Å². The number of carbonyl (C=O) groups is 2. The van der Waals surface area contributed by atoms with Crippen LogP contribution in [0.1, 0.15) is 85.4 Å². The van der Waals surface area contributed by atoms with Gasteiger partial charge in [0.05, 0.1) is 5.41 Å². The zero-order valence-electron chi connectivity index (χ0n) is 19.8. The lowest BCUT2D eigenvalue weighted by atomic mass is 9.74. The second-order valence-corrected chi connectivity index (χ2v) is 9.01. The molecule has 1 N–H and O–H groups in total. The van der Waals surface area contributed by atoms with Crippen molar-refractivity contribution < 1.29 is 14.7 Å². The van der Waals surface area contributed by atoms with Crippen molar-refractivity contribution >= 4 is 11.8 Å². The van der Waals surface area contributed by atoms with Crippen LogP contribution in [0.2, 0.25) is 0 Å². The standard InChI is InChI=1S/C26H34O3/c1-12-13(2)16(5)21(17(6)14(12)3)24(27)22-18(7)15(4)19(8)23(20(22)9)26(10,11)25(28)29/h1-11H3,(H,28,29). The minimum Gasteiger partial charge on any atom is -0.481 e. The van der Waals surface area contributed by atoms with E-state index in [0.29, 0.717) is 5.56 Å². The van der Waals surface area contributed by atoms with Crippen molar-refractivity contribution in [2.45, 2.75) is 81.6 Å². The zero-order chi connectivity index (χ0) is 22.6. The van der Waals surface area contributed by atoms with Gasteiger partial charge < -0.3 is 5.11 Å². The van der Waals surface area contributed by atoms with E-state index < -0.39 is 11.4 Å². The first kappa shape index (κ1) is 22.9. The van der Waals surface area contributed by atoms with Crippen LogP contribution in [0.3, 0.4) is 0 Å². The molecule has 0 radical (unpaired) electrons. The first-order valence-electron chi connectivity index (χ1n) is 10.1. The van der Waals surface area contributed by atoms with Crippen LogP contribution in [0.15, 0.2) is 0 Å². The van der Waals surface area contributed by atoms with E-state index >= 15 is 0 Å². The Morgan fingerprint density at radius 2 is 0.862 bits per heavy atom. The quantitative estimate of drug-likeness (QED) is 0.642. The van der Waals surface area contributed by atoms with Gasteiger partial charge >= 0.3 is 5.97 Å². The maximum Gasteiger partial charge on any atom is 0.313 e. The number of carboxylic acid groups (broad SMARTS) is 1. The summed E-state index contributed by atoms with van der Waals surface area (Å²) >= 11 is 0. The van der Waals surface area contributed by atoms with Crippen LogP contribution in [0.25, 0.3) is 0 Å². The minimum absolute atomic E-state index is 0.00765. The maximum atomic E-state index is 13.9. The highest BCUT2D eigenvalue weighted by Gasteiger charge is 2.36. The number of hydrogen-bond acceptors (Lipinski definition) is 2. The Hall–Kier alpha value is -2.42. The lowest BCUT2D eigenvalue weighted by Gasteiger charge is -2.29. The van der Waals surface area contributed by atoms with Crippen LogP contribution in [0.4, 0.5) is 0 Å². The maximum absolute atomic E-state index is 13.9. The summed E-state index contributed by atoms with van der Waals surface area (Å²) in [7, 11) is 0. The summed E-state index contributed by atoms with van der Waals surface area (Å²) in [4.78, 5) is 25.9. The Kier molecular flexibility index (Phi) is 5.87. The van der Waals surface area contributed by atoms with Gasteiger partial charge in [0, 0.05) is 11.1 Å². The smallest absolute Gasteiger partial charge is 0.313 e. The van der Waals surface area contributed by atoms with Crippen LogP contribution in [-0.2, 0) is 10.2 Å². The largest absolute Gasteiger partial charge is 0.481 e. The molecule has 0 amide bonds. The minimum atomic E-state index is -1.08. The molecule has 0 unspecified atom stereocenters. The molecule has 3 nitrogen and oxygen atoms in total. The van der Waals surface area contributed by atoms with Gasteiger partial charge in [-0.3, -0.25) is 9.59 Å². The van der Waals surface area contributed by atoms with Gasteiger partial charge in [-0.25, -0.2) is 0 Å². The second-order valence-electron chi connectivity index (χ2n) is 9.01. The van der Waals surface area contributed by atoms with E-state index in [0.717, 1.165) is 55.6 Å². The third kappa shape index (κ3) is 3.31. The van der Waals surface area contributed by atoms with Crippen molar-refractivity contribution in [1.29, 1.82) is 0 Å². The fourth-order valence-electron chi connectivity index (χ4n) is 4.69. The van der Waals surface area contributed by atoms with E-state index in [-0.39, 0.29) is 5.78 Å². The molecule has 0 spiro atoms. The van der Waals surface area contributed by atoms with Gasteiger partial charge in [-0.2, -0.15) is 0 Å². The van der Waals surface area contributed by atoms with Crippen molar-refractivity contribution in [2.24, 2.45) is 0 Å². The van der Waals surface area contributed by atoms with Gasteiger partial charge in [-0.05, 0) is 132 Å². The summed E-state index contributed by atoms with van der Waals surface area (Å²) in [6.07, 6.45) is 0. The van der Waals surface area contributed by atoms with Crippen molar-refractivity contribution in [3.05, 3.63) is 66.8 Å². The van der Waals surface area contributed by atoms with Crippen LogP contribution in [0, 0.1) is 62.3 Å². The molecular weight excluding hydrogens is 360 g/mol. The molecule has 0 atom stereocenters. The summed E-state index contributed by atoms with van der Waals surface area (Å²) in [6.45, 7) is 21.5. The monoisotopic (exact) mass is 394 g/mol. The number of carbonyl (C=O) groups excluding carboxylic acids is 1. The molecule has 0 aliphatic heterocycles. The Morgan fingerprint density at radius 1 is 0.552 bits per heavy atom. The number of carboxylic acids is 1. The zero-order valence-corrected chi connectivity index (χ0v) is 19.8. The molecular formula is C26H34O3. The lowest BCUT2D eigenvalue weighted by molar-refractivity contribution is -0.142. The third-order valence-corrected chi connectivity index (χ3v) is 7.24. The fraction of sp³-hybridized carbons (Fsp3) is 0.462. The highest BCUT2D eigenvalue weighted by molar-refractivity contribution is 6.13. The average Bonchev–Trinajstić information content (AvgIpc) is 2.63. The highest BCUT2D eigenvalue weighted by Crippen LogP contribution is 2.38. The molecule has 0 saturated heterocycles. The van der Waals surface area contributed by atoms with E-state index in [1.165, 1.54) is 5.56 Å². The number of rotatable bonds is 4. The highest BCUT2D eigenvalue weighted by atomic mass is 16.4. The van der Waals surface area contributed by atoms with Crippen LogP contribution in [-0.4, -0.2) is 16.9 Å². The van der Waals surface area contributed by atoms with Gasteiger partial charge in [0.25, 0.3) is 0 Å². The summed E-state index contributed by atoms with van der Waals surface area (Å²) < 4.78 is 0. The SMILES string of the molecule is Cc1c(C)c(C)c(C(=O)c2c(C)c(C)c(C)c(C(C)(C)C(=O)O)c2C)c(C)c1C. The Bertz CT molecular complexity index is 1020. The Morgan fingerprint density at radius 3 is 1.24 bits per heavy atom. The molecule has 0 aromatic heterocycles. The van der Waals surface area contributed by atoms with Crippen molar-refractivity contribution in [1.82, 2.24) is 0 Å². The van der Waals surface area contributed by atoms with Gasteiger partial charge in [0.15, 0.2) is 5.78 Å². The van der Waals surface area contributed by atoms with Gasteiger partial charge in [0.1, 0.15) is 0 Å². The average molecular weight is 395 g/mol. The van der Waals surface area contributed by atoms with E-state index in [4.69, 9.17) is 0 Å². The summed E-state index contributed by atoms with van der Waals surface area (Å²) in [5.74, 6) is -0.897. The second kappa shape index (κ2) is 7.44. The molecule has 0 fully saturated rings. The molecule has 0 bridgehead atoms. The third-order valence-electron chi connectivity index (χ3n) is 7.24. The normalized spacial score (nSPS) is 11.7. The molecule has 156 valence electrons. The number of hydrogen-bond donors (Lipinski definition) is 1. The predicted molar refractivity (Wildman–Crippen MR) is 120 cm³/mol. The molecule has 2 aromatic carbocycles. The Balaban J connectivity index is 2.97. The molecule has 29 heavy (non-hydrogen) atoms. The Labute approximate surface area is 175 Å². The summed E-state index contributed by atoms with van der Waals surface area (Å²) in [5, 5.41) is 9.86. The number of aliphatic carboxylic acids is 1. The molecule has 0 heterocycles. The summed E-state index contributed by atoms with van der Waals surface area (Å²) in [6, 6.07) is 0. The van der Waals surface area contributed by atoms with Crippen molar-refractivity contribution in [3.8, 4) is 0 Å². The molecule has 2 rings (SSSR count). The van der Waals surface area contributed by atoms with Gasteiger partial charge in [-0.15, -0.1) is 0 Å². The molecule has 3 heteroatoms. The van der Waals surface area contributed by atoms with Crippen molar-refractivity contribution in [2.75, 3.05) is 0 Å². The van der Waals surface area contributed by atoms with Crippen molar-refractivity contribution in [3.63, 3.8) is 0 Å². The number of benzene rings is 2. The summed E-state index contributed by atoms with van der Waals surface area (Å²) in [5.41, 5.74) is 10.2. The first-order valence-corrected chi connectivity index (χ1v) is 10.1. The predicted octanol–water partition coefficient (Wildman–Crippen LogP) is 6.06. The lowest BCUT2D eigenvalue weighted by Crippen LogP contribution is -2.32. The molecule has 0 saturated carbocycles. The van der Waals surface area contributed by atoms with Gasteiger partial charge in [0.2, 0.25) is 0 Å². The van der Waals surface area contributed by atoms with Crippen LogP contribution < -0.4 is 0 Å². The topological polar surface area (TPSA) is 54.4 Å². The van der Waals surface area contributed by atoms with E-state index in [1.807, 2.05) is 41.5 Å². The fourth-order valence-corrected chi connectivity index (χ4v) is 4.69. The number of ketones is 1. The van der Waals surface area contributed by atoms with Crippen LogP contribution in [0.5, 0.6) is 0 Å². The molecule has 0 aliphatic carbocycles.